The summed E-state index contributed by atoms with van der Waals surface area (Å²) in [4.78, 5) is 27.9. The van der Waals surface area contributed by atoms with Crippen LogP contribution >= 0.6 is 0 Å². The first kappa shape index (κ1) is 15.0. The Morgan fingerprint density at radius 3 is 2.43 bits per heavy atom. The zero-order valence-electron chi connectivity index (χ0n) is 12.8. The molecule has 0 aliphatic rings. The third-order valence-electron chi connectivity index (χ3n) is 3.67. The van der Waals surface area contributed by atoms with Crippen molar-refractivity contribution in [3.8, 4) is 0 Å². The van der Waals surface area contributed by atoms with Gasteiger partial charge in [-0.05, 0) is 13.0 Å². The Labute approximate surface area is 134 Å². The van der Waals surface area contributed by atoms with Gasteiger partial charge in [0.05, 0.1) is 18.6 Å². The number of rotatable bonds is 5. The number of ketones is 1. The minimum atomic E-state index is -0.346. The summed E-state index contributed by atoms with van der Waals surface area (Å²) in [6, 6.07) is 16.6. The molecule has 2 aromatic carbocycles. The molecule has 0 aliphatic heterocycles. The zero-order valence-corrected chi connectivity index (χ0v) is 12.8. The molecule has 1 heterocycles. The summed E-state index contributed by atoms with van der Waals surface area (Å²) >= 11 is 0. The van der Waals surface area contributed by atoms with Crippen molar-refractivity contribution in [2.24, 2.45) is 0 Å². The van der Waals surface area contributed by atoms with E-state index in [1.165, 1.54) is 0 Å². The van der Waals surface area contributed by atoms with Crippen LogP contribution in [0.25, 0.3) is 10.9 Å². The van der Waals surface area contributed by atoms with Crippen LogP contribution in [-0.4, -0.2) is 23.3 Å². The molecule has 4 heteroatoms. The fourth-order valence-electron chi connectivity index (χ4n) is 2.68. The van der Waals surface area contributed by atoms with Gasteiger partial charge in [-0.3, -0.25) is 9.59 Å². The number of carbonyl (C=O) groups is 2. The second-order valence-corrected chi connectivity index (χ2v) is 5.20. The van der Waals surface area contributed by atoms with E-state index in [1.807, 2.05) is 42.5 Å². The number of aromatic amines is 1. The Morgan fingerprint density at radius 2 is 1.70 bits per heavy atom. The number of aromatic nitrogens is 1. The maximum atomic E-state index is 12.9. The minimum absolute atomic E-state index is 0.0520. The van der Waals surface area contributed by atoms with Crippen molar-refractivity contribution in [1.29, 1.82) is 0 Å². The SMILES string of the molecule is CCOC(=O)Cc1[nH]c2ccccc2c1C(=O)c1ccccc1. The number of esters is 1. The summed E-state index contributed by atoms with van der Waals surface area (Å²) in [7, 11) is 0. The van der Waals surface area contributed by atoms with Crippen LogP contribution in [0.3, 0.4) is 0 Å². The molecular weight excluding hydrogens is 290 g/mol. The predicted octanol–water partition coefficient (Wildman–Crippen LogP) is 3.50. The molecule has 3 aromatic rings. The molecule has 0 spiro atoms. The molecule has 23 heavy (non-hydrogen) atoms. The Hall–Kier alpha value is -2.88. The molecular formula is C19H17NO3. The summed E-state index contributed by atoms with van der Waals surface area (Å²) in [5, 5.41) is 0.820. The van der Waals surface area contributed by atoms with Gasteiger partial charge in [0.15, 0.2) is 5.78 Å². The molecule has 116 valence electrons. The van der Waals surface area contributed by atoms with Gasteiger partial charge in [0.2, 0.25) is 0 Å². The van der Waals surface area contributed by atoms with E-state index in [2.05, 4.69) is 4.98 Å². The highest BCUT2D eigenvalue weighted by molar-refractivity contribution is 6.17. The third kappa shape index (κ3) is 3.01. The molecule has 0 fully saturated rings. The van der Waals surface area contributed by atoms with E-state index in [9.17, 15) is 9.59 Å². The van der Waals surface area contributed by atoms with Gasteiger partial charge in [-0.25, -0.2) is 0 Å². The highest BCUT2D eigenvalue weighted by atomic mass is 16.5. The molecule has 4 nitrogen and oxygen atoms in total. The first-order valence-electron chi connectivity index (χ1n) is 7.55. The van der Waals surface area contributed by atoms with Gasteiger partial charge in [-0.2, -0.15) is 0 Å². The van der Waals surface area contributed by atoms with Gasteiger partial charge in [0.25, 0.3) is 0 Å². The lowest BCUT2D eigenvalue weighted by molar-refractivity contribution is -0.142. The Kier molecular flexibility index (Phi) is 4.24. The summed E-state index contributed by atoms with van der Waals surface area (Å²) in [5.41, 5.74) is 2.58. The third-order valence-corrected chi connectivity index (χ3v) is 3.67. The van der Waals surface area contributed by atoms with Crippen LogP contribution in [0.15, 0.2) is 54.6 Å². The smallest absolute Gasteiger partial charge is 0.311 e. The van der Waals surface area contributed by atoms with Crippen LogP contribution in [0.1, 0.15) is 28.5 Å². The fourth-order valence-corrected chi connectivity index (χ4v) is 2.68. The average Bonchev–Trinajstić information content (AvgIpc) is 2.93. The second kappa shape index (κ2) is 6.48. The van der Waals surface area contributed by atoms with E-state index in [-0.39, 0.29) is 18.2 Å². The summed E-state index contributed by atoms with van der Waals surface area (Å²) in [6.07, 6.45) is 0.0520. The Balaban J connectivity index is 2.09. The standard InChI is InChI=1S/C19H17NO3/c1-2-23-17(21)12-16-18(14-10-6-7-11-15(14)20-16)19(22)13-8-4-3-5-9-13/h3-11,20H,2,12H2,1H3. The number of hydrogen-bond acceptors (Lipinski definition) is 3. The molecule has 0 bridgehead atoms. The number of ether oxygens (including phenoxy) is 1. The van der Waals surface area contributed by atoms with Crippen molar-refractivity contribution in [3.05, 3.63) is 71.4 Å². The number of fused-ring (bicyclic) bond motifs is 1. The van der Waals surface area contributed by atoms with Gasteiger partial charge < -0.3 is 9.72 Å². The predicted molar refractivity (Wildman–Crippen MR) is 88.5 cm³/mol. The van der Waals surface area contributed by atoms with E-state index in [1.54, 1.807) is 19.1 Å². The molecule has 3 rings (SSSR count). The van der Waals surface area contributed by atoms with Crippen molar-refractivity contribution in [2.45, 2.75) is 13.3 Å². The monoisotopic (exact) mass is 307 g/mol. The van der Waals surface area contributed by atoms with Crippen molar-refractivity contribution in [2.75, 3.05) is 6.61 Å². The first-order valence-corrected chi connectivity index (χ1v) is 7.55. The van der Waals surface area contributed by atoms with Crippen molar-refractivity contribution in [1.82, 2.24) is 4.98 Å². The van der Waals surface area contributed by atoms with Crippen molar-refractivity contribution in [3.63, 3.8) is 0 Å². The number of hydrogen-bond donors (Lipinski definition) is 1. The van der Waals surface area contributed by atoms with Crippen LogP contribution in [0.2, 0.25) is 0 Å². The maximum absolute atomic E-state index is 12.9. The van der Waals surface area contributed by atoms with Gasteiger partial charge in [0.1, 0.15) is 0 Å². The summed E-state index contributed by atoms with van der Waals surface area (Å²) < 4.78 is 5.01. The number of benzene rings is 2. The normalized spacial score (nSPS) is 10.7. The number of carbonyl (C=O) groups excluding carboxylic acids is 2. The van der Waals surface area contributed by atoms with Crippen LogP contribution in [0.5, 0.6) is 0 Å². The highest BCUT2D eigenvalue weighted by Gasteiger charge is 2.21. The molecule has 0 amide bonds. The van der Waals surface area contributed by atoms with E-state index in [0.29, 0.717) is 23.4 Å². The van der Waals surface area contributed by atoms with E-state index in [4.69, 9.17) is 4.74 Å². The molecule has 0 unspecified atom stereocenters. The maximum Gasteiger partial charge on any atom is 0.311 e. The van der Waals surface area contributed by atoms with Gasteiger partial charge >= 0.3 is 5.97 Å². The lowest BCUT2D eigenvalue weighted by Crippen LogP contribution is -2.11. The summed E-state index contributed by atoms with van der Waals surface area (Å²) in [6.45, 7) is 2.08. The Bertz CT molecular complexity index is 849. The Morgan fingerprint density at radius 1 is 1.00 bits per heavy atom. The van der Waals surface area contributed by atoms with E-state index < -0.39 is 0 Å². The van der Waals surface area contributed by atoms with Crippen LogP contribution < -0.4 is 0 Å². The average molecular weight is 307 g/mol. The molecule has 0 saturated heterocycles. The molecule has 0 aliphatic carbocycles. The lowest BCUT2D eigenvalue weighted by atomic mass is 9.99. The molecule has 1 aromatic heterocycles. The van der Waals surface area contributed by atoms with Crippen LogP contribution in [-0.2, 0) is 16.0 Å². The quantitative estimate of drug-likeness (QED) is 0.579. The fraction of sp³-hybridized carbons (Fsp3) is 0.158. The van der Waals surface area contributed by atoms with Crippen LogP contribution in [0, 0.1) is 0 Å². The summed E-state index contributed by atoms with van der Waals surface area (Å²) in [5.74, 6) is -0.441. The largest absolute Gasteiger partial charge is 0.466 e. The van der Waals surface area contributed by atoms with E-state index >= 15 is 0 Å². The molecule has 0 saturated carbocycles. The minimum Gasteiger partial charge on any atom is -0.466 e. The highest BCUT2D eigenvalue weighted by Crippen LogP contribution is 2.25. The second-order valence-electron chi connectivity index (χ2n) is 5.20. The number of H-pyrrole nitrogens is 1. The van der Waals surface area contributed by atoms with Crippen molar-refractivity contribution < 1.29 is 14.3 Å². The number of nitrogens with one attached hydrogen (secondary N) is 1. The van der Waals surface area contributed by atoms with Crippen LogP contribution in [0.4, 0.5) is 0 Å². The molecule has 0 radical (unpaired) electrons. The van der Waals surface area contributed by atoms with Crippen molar-refractivity contribution >= 4 is 22.7 Å². The lowest BCUT2D eigenvalue weighted by Gasteiger charge is -2.05. The van der Waals surface area contributed by atoms with Gasteiger partial charge in [0, 0.05) is 22.2 Å². The molecule has 0 atom stereocenters. The first-order chi connectivity index (χ1) is 11.2. The van der Waals surface area contributed by atoms with Gasteiger partial charge in [-0.15, -0.1) is 0 Å². The zero-order chi connectivity index (χ0) is 16.2. The van der Waals surface area contributed by atoms with Gasteiger partial charge in [-0.1, -0.05) is 48.5 Å². The molecule has 1 N–H and O–H groups in total. The number of para-hydroxylation sites is 1. The van der Waals surface area contributed by atoms with E-state index in [0.717, 1.165) is 10.9 Å². The topological polar surface area (TPSA) is 59.2 Å².